The van der Waals surface area contributed by atoms with Crippen LogP contribution in [-0.4, -0.2) is 95.6 Å². The van der Waals surface area contributed by atoms with Crippen molar-refractivity contribution >= 4 is 35.4 Å². The lowest BCUT2D eigenvalue weighted by Gasteiger charge is -2.39. The molecule has 0 aromatic rings. The smallest absolute Gasteiger partial charge is 0.315 e. The standard InChI is InChI=1S/C35H58N6O6/c1-11-13-15-22(27(43)30(45)36-17-12-2)37-29(44)26-25-21(35(25,9)10)19-41(26)31(46)28(34(6,7)8)39-32(47)38-23(33(3,4)5)20-40-18-14-16-24(40)42/h12,21-23,25-26,28H,2,11,13-20H2,1,3-10H3,(H,36,45)(H,37,44)(H2,38,39,47)/t21-,22?,23+,25-,26-,28+/m0/s1. The summed E-state index contributed by atoms with van der Waals surface area (Å²) < 4.78 is 0. The van der Waals surface area contributed by atoms with Crippen LogP contribution in [0.25, 0.3) is 0 Å². The number of hydrogen-bond acceptors (Lipinski definition) is 6. The van der Waals surface area contributed by atoms with Crippen LogP contribution in [0.15, 0.2) is 12.7 Å². The third-order valence-corrected chi connectivity index (χ3v) is 10.2. The molecule has 12 heteroatoms. The Morgan fingerprint density at radius 1 is 1.02 bits per heavy atom. The number of hydrogen-bond donors (Lipinski definition) is 4. The predicted octanol–water partition coefficient (Wildman–Crippen LogP) is 2.77. The van der Waals surface area contributed by atoms with E-state index in [0.717, 1.165) is 12.8 Å². The molecule has 0 radical (unpaired) electrons. The highest BCUT2D eigenvalue weighted by Crippen LogP contribution is 2.65. The van der Waals surface area contributed by atoms with Gasteiger partial charge in [0.2, 0.25) is 23.5 Å². The molecule has 12 nitrogen and oxygen atoms in total. The Kier molecular flexibility index (Phi) is 11.9. The molecule has 1 aliphatic carbocycles. The molecule has 0 aromatic heterocycles. The maximum absolute atomic E-state index is 14.4. The Balaban J connectivity index is 1.82. The molecule has 1 saturated carbocycles. The topological polar surface area (TPSA) is 157 Å². The van der Waals surface area contributed by atoms with Gasteiger partial charge in [0.05, 0.1) is 12.1 Å². The summed E-state index contributed by atoms with van der Waals surface area (Å²) in [6.07, 6.45) is 4.46. The van der Waals surface area contributed by atoms with Gasteiger partial charge in [0.1, 0.15) is 12.1 Å². The van der Waals surface area contributed by atoms with Crippen molar-refractivity contribution in [3.8, 4) is 0 Å². The molecule has 3 fully saturated rings. The molecule has 2 heterocycles. The zero-order valence-corrected chi connectivity index (χ0v) is 30.0. The van der Waals surface area contributed by atoms with Crippen molar-refractivity contribution in [1.82, 2.24) is 31.1 Å². The number of carbonyl (C=O) groups excluding carboxylic acids is 6. The van der Waals surface area contributed by atoms with Gasteiger partial charge in [-0.2, -0.15) is 0 Å². The van der Waals surface area contributed by atoms with Crippen LogP contribution in [0.5, 0.6) is 0 Å². The molecule has 4 N–H and O–H groups in total. The molecular formula is C35H58N6O6. The summed E-state index contributed by atoms with van der Waals surface area (Å²) in [5.74, 6) is -2.34. The number of Topliss-reactive ketones (excluding diaryl/α,β-unsaturated/α-hetero) is 1. The average molecular weight is 659 g/mol. The van der Waals surface area contributed by atoms with Crippen LogP contribution < -0.4 is 21.3 Å². The lowest BCUT2D eigenvalue weighted by molar-refractivity contribution is -0.145. The van der Waals surface area contributed by atoms with E-state index in [2.05, 4.69) is 41.7 Å². The van der Waals surface area contributed by atoms with Crippen LogP contribution in [0.3, 0.4) is 0 Å². The van der Waals surface area contributed by atoms with Gasteiger partial charge < -0.3 is 31.1 Å². The van der Waals surface area contributed by atoms with Gasteiger partial charge in [-0.1, -0.05) is 81.2 Å². The molecule has 3 aliphatic rings. The zero-order chi connectivity index (χ0) is 35.5. The number of nitrogens with zero attached hydrogens (tertiary/aromatic N) is 2. The number of unbranched alkanes of at least 4 members (excludes halogenated alkanes) is 1. The van der Waals surface area contributed by atoms with Crippen molar-refractivity contribution in [2.75, 3.05) is 26.2 Å². The number of carbonyl (C=O) groups is 6. The minimum atomic E-state index is -1.02. The Bertz CT molecular complexity index is 1230. The maximum Gasteiger partial charge on any atom is 0.315 e. The van der Waals surface area contributed by atoms with Crippen LogP contribution in [-0.2, 0) is 24.0 Å². The molecule has 3 rings (SSSR count). The van der Waals surface area contributed by atoms with E-state index in [1.54, 1.807) is 9.80 Å². The summed E-state index contributed by atoms with van der Waals surface area (Å²) >= 11 is 0. The first kappa shape index (κ1) is 38.0. The van der Waals surface area contributed by atoms with Crippen molar-refractivity contribution in [2.24, 2.45) is 28.1 Å². The summed E-state index contributed by atoms with van der Waals surface area (Å²) in [6.45, 7) is 22.7. The van der Waals surface area contributed by atoms with E-state index < -0.39 is 47.2 Å². The van der Waals surface area contributed by atoms with E-state index in [-0.39, 0.29) is 47.1 Å². The van der Waals surface area contributed by atoms with E-state index in [0.29, 0.717) is 38.9 Å². The Morgan fingerprint density at radius 3 is 2.21 bits per heavy atom. The number of urea groups is 1. The summed E-state index contributed by atoms with van der Waals surface area (Å²) in [4.78, 5) is 83.1. The van der Waals surface area contributed by atoms with Crippen LogP contribution >= 0.6 is 0 Å². The average Bonchev–Trinajstić information content (AvgIpc) is 3.31. The molecule has 6 amide bonds. The van der Waals surface area contributed by atoms with Gasteiger partial charge >= 0.3 is 6.03 Å². The second-order valence-corrected chi connectivity index (χ2v) is 16.2. The highest BCUT2D eigenvalue weighted by Gasteiger charge is 2.70. The van der Waals surface area contributed by atoms with E-state index in [1.807, 2.05) is 48.5 Å². The van der Waals surface area contributed by atoms with Crippen molar-refractivity contribution in [1.29, 1.82) is 0 Å². The largest absolute Gasteiger partial charge is 0.346 e. The van der Waals surface area contributed by atoms with Crippen molar-refractivity contribution in [3.63, 3.8) is 0 Å². The van der Waals surface area contributed by atoms with Crippen LogP contribution in [0.4, 0.5) is 4.79 Å². The molecule has 0 aromatic carbocycles. The SMILES string of the molecule is C=CCNC(=O)C(=O)C(CCCC)NC(=O)[C@@H]1[C@@H]2[C@H](CN1C(=O)[C@@H](NC(=O)N[C@H](CN1CCCC1=O)C(C)(C)C)C(C)(C)C)C2(C)C. The number of likely N-dealkylation sites (tertiary alicyclic amines) is 2. The van der Waals surface area contributed by atoms with Gasteiger partial charge in [0.15, 0.2) is 0 Å². The monoisotopic (exact) mass is 658 g/mol. The number of fused-ring (bicyclic) bond motifs is 1. The normalized spacial score (nSPS) is 23.7. The minimum Gasteiger partial charge on any atom is -0.346 e. The number of piperidine rings is 1. The van der Waals surface area contributed by atoms with Crippen molar-refractivity contribution < 1.29 is 28.8 Å². The Labute approximate surface area is 280 Å². The van der Waals surface area contributed by atoms with Crippen LogP contribution in [0.2, 0.25) is 0 Å². The second-order valence-electron chi connectivity index (χ2n) is 16.2. The molecule has 6 atom stereocenters. The van der Waals surface area contributed by atoms with E-state index >= 15 is 0 Å². The fraction of sp³-hybridized carbons (Fsp3) is 0.771. The first-order valence-electron chi connectivity index (χ1n) is 17.1. The Morgan fingerprint density at radius 2 is 1.68 bits per heavy atom. The molecule has 2 saturated heterocycles. The lowest BCUT2D eigenvalue weighted by Crippen LogP contribution is -2.62. The molecule has 1 unspecified atom stereocenters. The van der Waals surface area contributed by atoms with Crippen LogP contribution in [0, 0.1) is 28.1 Å². The predicted molar refractivity (Wildman–Crippen MR) is 180 cm³/mol. The number of ketones is 1. The van der Waals surface area contributed by atoms with E-state index in [9.17, 15) is 28.8 Å². The molecule has 264 valence electrons. The molecular weight excluding hydrogens is 600 g/mol. The summed E-state index contributed by atoms with van der Waals surface area (Å²) in [7, 11) is 0. The van der Waals surface area contributed by atoms with Gasteiger partial charge in [-0.15, -0.1) is 6.58 Å². The first-order valence-corrected chi connectivity index (χ1v) is 17.1. The van der Waals surface area contributed by atoms with Crippen LogP contribution in [0.1, 0.15) is 94.4 Å². The van der Waals surface area contributed by atoms with E-state index in [1.165, 1.54) is 6.08 Å². The highest BCUT2D eigenvalue weighted by molar-refractivity contribution is 6.38. The molecule has 47 heavy (non-hydrogen) atoms. The number of rotatable bonds is 14. The zero-order valence-electron chi connectivity index (χ0n) is 30.0. The van der Waals surface area contributed by atoms with Crippen molar-refractivity contribution in [2.45, 2.75) is 119 Å². The maximum atomic E-state index is 14.4. The second kappa shape index (κ2) is 14.8. The third kappa shape index (κ3) is 8.93. The van der Waals surface area contributed by atoms with Gasteiger partial charge in [0, 0.05) is 32.6 Å². The third-order valence-electron chi connectivity index (χ3n) is 10.2. The van der Waals surface area contributed by atoms with E-state index in [4.69, 9.17) is 0 Å². The Hall–Kier alpha value is -3.44. The highest BCUT2D eigenvalue weighted by atomic mass is 16.2. The molecule has 2 aliphatic heterocycles. The summed E-state index contributed by atoms with van der Waals surface area (Å²) in [5, 5.41) is 11.3. The van der Waals surface area contributed by atoms with Crippen molar-refractivity contribution in [3.05, 3.63) is 12.7 Å². The number of nitrogens with one attached hydrogen (secondary N) is 4. The van der Waals surface area contributed by atoms with Gasteiger partial charge in [-0.25, -0.2) is 4.79 Å². The number of amides is 6. The summed E-state index contributed by atoms with van der Waals surface area (Å²) in [6, 6.07) is -3.72. The van der Waals surface area contributed by atoms with Gasteiger partial charge in [-0.3, -0.25) is 24.0 Å². The quantitative estimate of drug-likeness (QED) is 0.166. The minimum absolute atomic E-state index is 0.0695. The van der Waals surface area contributed by atoms with Gasteiger partial charge in [-0.05, 0) is 40.9 Å². The molecule has 0 spiro atoms. The fourth-order valence-corrected chi connectivity index (χ4v) is 6.96. The lowest BCUT2D eigenvalue weighted by atomic mass is 9.85. The fourth-order valence-electron chi connectivity index (χ4n) is 6.96. The van der Waals surface area contributed by atoms with Gasteiger partial charge in [0.25, 0.3) is 5.91 Å². The summed E-state index contributed by atoms with van der Waals surface area (Å²) in [5.41, 5.74) is -1.25. The molecule has 0 bridgehead atoms. The first-order chi connectivity index (χ1) is 21.7.